The molecule has 0 aliphatic rings. The molecule has 0 saturated carbocycles. The Kier molecular flexibility index (Phi) is 6.65. The monoisotopic (exact) mass is 400 g/mol. The van der Waals surface area contributed by atoms with Crippen LogP contribution in [-0.2, 0) is 9.53 Å². The van der Waals surface area contributed by atoms with Crippen LogP contribution in [0.4, 0.5) is 14.5 Å². The first kappa shape index (κ1) is 19.8. The molecule has 1 aromatic carbocycles. The third-order valence-electron chi connectivity index (χ3n) is 3.10. The Hall–Kier alpha value is -2.51. The average Bonchev–Trinajstić information content (AvgIpc) is 2.56. The second-order valence-electron chi connectivity index (χ2n) is 4.85. The van der Waals surface area contributed by atoms with Gasteiger partial charge in [0.15, 0.2) is 0 Å². The second-order valence-corrected chi connectivity index (χ2v) is 5.59. The highest BCUT2D eigenvalue weighted by molar-refractivity contribution is 6.37. The SMILES string of the molecule is CCOC(=O)C(=CNc1ccc(F)cc1F)C(=O)c1ccc(Cl)nc1Cl. The number of halogens is 4. The number of ketones is 1. The molecule has 0 unspecified atom stereocenters. The fourth-order valence-corrected chi connectivity index (χ4v) is 2.34. The van der Waals surface area contributed by atoms with Gasteiger partial charge in [0.25, 0.3) is 0 Å². The van der Waals surface area contributed by atoms with E-state index < -0.39 is 29.0 Å². The van der Waals surface area contributed by atoms with Gasteiger partial charge in [-0.15, -0.1) is 0 Å². The Bertz CT molecular complexity index is 888. The summed E-state index contributed by atoms with van der Waals surface area (Å²) < 4.78 is 31.5. The number of esters is 1. The molecular formula is C17H12Cl2F2N2O3. The number of ether oxygens (including phenoxy) is 1. The lowest BCUT2D eigenvalue weighted by Gasteiger charge is -2.09. The van der Waals surface area contributed by atoms with Gasteiger partial charge < -0.3 is 10.1 Å². The molecule has 0 atom stereocenters. The third-order valence-corrected chi connectivity index (χ3v) is 3.60. The highest BCUT2D eigenvalue weighted by Crippen LogP contribution is 2.21. The van der Waals surface area contributed by atoms with Crippen molar-refractivity contribution in [2.45, 2.75) is 6.92 Å². The lowest BCUT2D eigenvalue weighted by Crippen LogP contribution is -2.18. The maximum absolute atomic E-state index is 13.7. The maximum atomic E-state index is 13.7. The number of hydrogen-bond donors (Lipinski definition) is 1. The number of hydrogen-bond acceptors (Lipinski definition) is 5. The summed E-state index contributed by atoms with van der Waals surface area (Å²) in [5, 5.41) is 2.31. The van der Waals surface area contributed by atoms with Crippen molar-refractivity contribution in [2.75, 3.05) is 11.9 Å². The van der Waals surface area contributed by atoms with Crippen LogP contribution < -0.4 is 5.32 Å². The van der Waals surface area contributed by atoms with Crippen molar-refractivity contribution in [1.82, 2.24) is 4.98 Å². The molecule has 0 fully saturated rings. The van der Waals surface area contributed by atoms with E-state index in [0.717, 1.165) is 18.3 Å². The minimum absolute atomic E-state index is 0.0148. The first-order valence-electron chi connectivity index (χ1n) is 7.29. The Morgan fingerprint density at radius 1 is 1.23 bits per heavy atom. The molecule has 0 aliphatic carbocycles. The number of Topliss-reactive ketones (excluding diaryl/α,β-unsaturated/α-hetero) is 1. The predicted molar refractivity (Wildman–Crippen MR) is 93.3 cm³/mol. The average molecular weight is 401 g/mol. The van der Waals surface area contributed by atoms with E-state index in [-0.39, 0.29) is 28.2 Å². The Balaban J connectivity index is 2.39. The summed E-state index contributed by atoms with van der Waals surface area (Å²) in [5.41, 5.74) is -0.667. The van der Waals surface area contributed by atoms with E-state index in [0.29, 0.717) is 6.07 Å². The van der Waals surface area contributed by atoms with E-state index in [9.17, 15) is 18.4 Å². The normalized spacial score (nSPS) is 11.2. The number of carbonyl (C=O) groups excluding carboxylic acids is 2. The van der Waals surface area contributed by atoms with Gasteiger partial charge in [0.05, 0.1) is 17.9 Å². The van der Waals surface area contributed by atoms with E-state index >= 15 is 0 Å². The molecule has 1 heterocycles. The molecule has 2 aromatic rings. The molecular weight excluding hydrogens is 389 g/mol. The summed E-state index contributed by atoms with van der Waals surface area (Å²) in [6.45, 7) is 1.57. The Labute approximate surface area is 157 Å². The Morgan fingerprint density at radius 2 is 1.96 bits per heavy atom. The number of nitrogens with one attached hydrogen (secondary N) is 1. The summed E-state index contributed by atoms with van der Waals surface area (Å²) in [4.78, 5) is 28.5. The number of benzene rings is 1. The Morgan fingerprint density at radius 3 is 2.58 bits per heavy atom. The van der Waals surface area contributed by atoms with Crippen molar-refractivity contribution in [3.05, 3.63) is 69.6 Å². The molecule has 2 rings (SSSR count). The zero-order chi connectivity index (χ0) is 19.3. The van der Waals surface area contributed by atoms with E-state index in [4.69, 9.17) is 27.9 Å². The maximum Gasteiger partial charge on any atom is 0.343 e. The van der Waals surface area contributed by atoms with E-state index in [2.05, 4.69) is 10.3 Å². The molecule has 136 valence electrons. The molecule has 0 aliphatic heterocycles. The number of nitrogens with zero attached hydrogens (tertiary/aromatic N) is 1. The summed E-state index contributed by atoms with van der Waals surface area (Å²) in [7, 11) is 0. The lowest BCUT2D eigenvalue weighted by molar-refractivity contribution is -0.138. The molecule has 1 aromatic heterocycles. The van der Waals surface area contributed by atoms with E-state index in [1.165, 1.54) is 12.1 Å². The van der Waals surface area contributed by atoms with Crippen molar-refractivity contribution in [3.63, 3.8) is 0 Å². The largest absolute Gasteiger partial charge is 0.462 e. The number of pyridine rings is 1. The molecule has 1 N–H and O–H groups in total. The highest BCUT2D eigenvalue weighted by atomic mass is 35.5. The van der Waals surface area contributed by atoms with Crippen molar-refractivity contribution < 1.29 is 23.1 Å². The fraction of sp³-hybridized carbons (Fsp3) is 0.118. The van der Waals surface area contributed by atoms with Crippen LogP contribution in [0.1, 0.15) is 17.3 Å². The van der Waals surface area contributed by atoms with Crippen LogP contribution >= 0.6 is 23.2 Å². The zero-order valence-electron chi connectivity index (χ0n) is 13.4. The number of rotatable bonds is 6. The van der Waals surface area contributed by atoms with Gasteiger partial charge in [-0.3, -0.25) is 4.79 Å². The van der Waals surface area contributed by atoms with Gasteiger partial charge in [-0.2, -0.15) is 0 Å². The van der Waals surface area contributed by atoms with Crippen LogP contribution in [0.5, 0.6) is 0 Å². The van der Waals surface area contributed by atoms with Crippen molar-refractivity contribution in [3.8, 4) is 0 Å². The topological polar surface area (TPSA) is 68.3 Å². The van der Waals surface area contributed by atoms with Crippen LogP contribution in [0.15, 0.2) is 42.1 Å². The minimum atomic E-state index is -0.946. The summed E-state index contributed by atoms with van der Waals surface area (Å²) in [6, 6.07) is 5.42. The fourth-order valence-electron chi connectivity index (χ4n) is 1.91. The van der Waals surface area contributed by atoms with Crippen LogP contribution in [0.3, 0.4) is 0 Å². The molecule has 0 radical (unpaired) electrons. The lowest BCUT2D eigenvalue weighted by atomic mass is 10.1. The number of aromatic nitrogens is 1. The van der Waals surface area contributed by atoms with Crippen molar-refractivity contribution in [2.24, 2.45) is 0 Å². The third kappa shape index (κ3) is 4.77. The predicted octanol–water partition coefficient (Wildman–Crippen LogP) is 4.41. The molecule has 0 bridgehead atoms. The van der Waals surface area contributed by atoms with Crippen LogP contribution in [0, 0.1) is 11.6 Å². The molecule has 0 saturated heterocycles. The molecule has 5 nitrogen and oxygen atoms in total. The quantitative estimate of drug-likeness (QED) is 0.194. The smallest absolute Gasteiger partial charge is 0.343 e. The van der Waals surface area contributed by atoms with Crippen LogP contribution in [0.25, 0.3) is 0 Å². The first-order valence-corrected chi connectivity index (χ1v) is 8.04. The molecule has 26 heavy (non-hydrogen) atoms. The standard InChI is InChI=1S/C17H12Cl2F2N2O3/c1-2-26-17(25)11(8-22-13-5-3-9(20)7-12(13)21)15(24)10-4-6-14(18)23-16(10)19/h3-8,22H,2H2,1H3. The van der Waals surface area contributed by atoms with Gasteiger partial charge in [-0.25, -0.2) is 18.6 Å². The molecule has 0 spiro atoms. The van der Waals surface area contributed by atoms with Crippen molar-refractivity contribution >= 4 is 40.6 Å². The van der Waals surface area contributed by atoms with Gasteiger partial charge in [-0.1, -0.05) is 23.2 Å². The van der Waals surface area contributed by atoms with Gasteiger partial charge >= 0.3 is 5.97 Å². The van der Waals surface area contributed by atoms with E-state index in [1.807, 2.05) is 0 Å². The number of anilines is 1. The summed E-state index contributed by atoms with van der Waals surface area (Å²) in [6.07, 6.45) is 0.960. The van der Waals surface area contributed by atoms with Gasteiger partial charge in [0, 0.05) is 12.3 Å². The zero-order valence-corrected chi connectivity index (χ0v) is 14.9. The minimum Gasteiger partial charge on any atom is -0.462 e. The second kappa shape index (κ2) is 8.73. The van der Waals surface area contributed by atoms with Gasteiger partial charge in [0.2, 0.25) is 5.78 Å². The van der Waals surface area contributed by atoms with Crippen LogP contribution in [-0.4, -0.2) is 23.3 Å². The highest BCUT2D eigenvalue weighted by Gasteiger charge is 2.24. The summed E-state index contributed by atoms with van der Waals surface area (Å²) in [5.74, 6) is -3.41. The van der Waals surface area contributed by atoms with E-state index in [1.54, 1.807) is 6.92 Å². The molecule has 9 heteroatoms. The van der Waals surface area contributed by atoms with Gasteiger partial charge in [-0.05, 0) is 31.2 Å². The molecule has 0 amide bonds. The van der Waals surface area contributed by atoms with Crippen molar-refractivity contribution in [1.29, 1.82) is 0 Å². The van der Waals surface area contributed by atoms with Crippen LogP contribution in [0.2, 0.25) is 10.3 Å². The number of carbonyl (C=O) groups is 2. The van der Waals surface area contributed by atoms with Gasteiger partial charge in [0.1, 0.15) is 27.5 Å². The summed E-state index contributed by atoms with van der Waals surface area (Å²) >= 11 is 11.6. The first-order chi connectivity index (χ1) is 12.3.